The van der Waals surface area contributed by atoms with Crippen LogP contribution in [-0.2, 0) is 11.2 Å². The summed E-state index contributed by atoms with van der Waals surface area (Å²) in [5.41, 5.74) is 2.38. The van der Waals surface area contributed by atoms with Crippen LogP contribution >= 0.6 is 0 Å². The molecule has 0 aromatic carbocycles. The molecule has 0 spiro atoms. The summed E-state index contributed by atoms with van der Waals surface area (Å²) >= 11 is 0. The summed E-state index contributed by atoms with van der Waals surface area (Å²) < 4.78 is 5.34. The van der Waals surface area contributed by atoms with Crippen LogP contribution in [0.2, 0.25) is 0 Å². The van der Waals surface area contributed by atoms with Gasteiger partial charge in [-0.15, -0.1) is 0 Å². The Kier molecular flexibility index (Phi) is 7.27. The van der Waals surface area contributed by atoms with Gasteiger partial charge >= 0.3 is 0 Å². The Morgan fingerprint density at radius 1 is 1.25 bits per heavy atom. The number of pyridine rings is 1. The fourth-order valence-electron chi connectivity index (χ4n) is 3.03. The van der Waals surface area contributed by atoms with Gasteiger partial charge in [0.2, 0.25) is 5.95 Å². The molecule has 1 saturated heterocycles. The zero-order chi connectivity index (χ0) is 19.8. The van der Waals surface area contributed by atoms with E-state index in [2.05, 4.69) is 25.2 Å². The lowest BCUT2D eigenvalue weighted by Gasteiger charge is -2.26. The Labute approximate surface area is 166 Å². The van der Waals surface area contributed by atoms with Crippen molar-refractivity contribution in [3.8, 4) is 0 Å². The lowest BCUT2D eigenvalue weighted by atomic mass is 10.2. The Morgan fingerprint density at radius 2 is 2.00 bits per heavy atom. The number of carbonyl (C=O) groups excluding carboxylic acids is 1. The number of nitrogens with zero attached hydrogens (tertiary/aromatic N) is 5. The van der Waals surface area contributed by atoms with Crippen LogP contribution in [-0.4, -0.2) is 78.7 Å². The summed E-state index contributed by atoms with van der Waals surface area (Å²) in [6.07, 6.45) is 4.44. The Hall–Kier alpha value is -2.58. The molecule has 1 aliphatic heterocycles. The highest BCUT2D eigenvalue weighted by atomic mass is 16.5. The van der Waals surface area contributed by atoms with Crippen molar-refractivity contribution in [1.29, 1.82) is 0 Å². The molecule has 28 heavy (non-hydrogen) atoms. The third-order valence-electron chi connectivity index (χ3n) is 4.72. The van der Waals surface area contributed by atoms with E-state index in [9.17, 15) is 4.79 Å². The summed E-state index contributed by atoms with van der Waals surface area (Å²) in [6.45, 7) is 7.39. The summed E-state index contributed by atoms with van der Waals surface area (Å²) in [6, 6.07) is 5.72. The van der Waals surface area contributed by atoms with E-state index in [1.54, 1.807) is 18.5 Å². The van der Waals surface area contributed by atoms with Crippen molar-refractivity contribution in [2.75, 3.05) is 57.9 Å². The third-order valence-corrected chi connectivity index (χ3v) is 4.72. The van der Waals surface area contributed by atoms with Crippen molar-refractivity contribution < 1.29 is 9.53 Å². The van der Waals surface area contributed by atoms with Crippen LogP contribution in [0.15, 0.2) is 30.6 Å². The Morgan fingerprint density at radius 3 is 2.75 bits per heavy atom. The standard InChI is InChI=1S/C20H28N6O2/c1-16-15-18(19(27)22-8-10-26-11-13-28-14-12-26)24-20(23-16)25(2)9-5-17-3-6-21-7-4-17/h3-4,6-7,15H,5,8-14H2,1-2H3,(H,22,27). The number of anilines is 1. The SMILES string of the molecule is Cc1cc(C(=O)NCCN2CCOCC2)nc(N(C)CCc2ccncc2)n1. The van der Waals surface area contributed by atoms with Crippen LogP contribution in [0.4, 0.5) is 5.95 Å². The second-order valence-electron chi connectivity index (χ2n) is 6.93. The first-order chi connectivity index (χ1) is 13.6. The van der Waals surface area contributed by atoms with Gasteiger partial charge in [-0.3, -0.25) is 14.7 Å². The van der Waals surface area contributed by atoms with Crippen LogP contribution in [0.3, 0.4) is 0 Å². The molecule has 0 saturated carbocycles. The molecule has 1 amide bonds. The van der Waals surface area contributed by atoms with Crippen LogP contribution < -0.4 is 10.2 Å². The Balaban J connectivity index is 1.54. The molecule has 3 rings (SSSR count). The van der Waals surface area contributed by atoms with Crippen LogP contribution in [0, 0.1) is 6.92 Å². The molecule has 2 aromatic rings. The quantitative estimate of drug-likeness (QED) is 0.725. The number of morpholine rings is 1. The molecule has 1 aliphatic rings. The van der Waals surface area contributed by atoms with E-state index in [4.69, 9.17) is 4.74 Å². The average Bonchev–Trinajstić information content (AvgIpc) is 2.73. The molecule has 150 valence electrons. The highest BCUT2D eigenvalue weighted by Gasteiger charge is 2.14. The van der Waals surface area contributed by atoms with E-state index in [0.29, 0.717) is 18.2 Å². The average molecular weight is 384 g/mol. The molecule has 0 bridgehead atoms. The van der Waals surface area contributed by atoms with Crippen molar-refractivity contribution in [3.63, 3.8) is 0 Å². The number of rotatable bonds is 8. The minimum atomic E-state index is -0.164. The number of carbonyl (C=O) groups is 1. The molecule has 1 N–H and O–H groups in total. The summed E-state index contributed by atoms with van der Waals surface area (Å²) in [4.78, 5) is 29.8. The number of hydrogen-bond donors (Lipinski definition) is 1. The molecule has 1 fully saturated rings. The monoisotopic (exact) mass is 384 g/mol. The zero-order valence-corrected chi connectivity index (χ0v) is 16.6. The van der Waals surface area contributed by atoms with Crippen LogP contribution in [0.25, 0.3) is 0 Å². The molecule has 0 atom stereocenters. The van der Waals surface area contributed by atoms with Crippen molar-refractivity contribution in [2.45, 2.75) is 13.3 Å². The van der Waals surface area contributed by atoms with Gasteiger partial charge in [-0.25, -0.2) is 9.97 Å². The predicted molar refractivity (Wildman–Crippen MR) is 108 cm³/mol. The number of likely N-dealkylation sites (N-methyl/N-ethyl adjacent to an activating group) is 1. The molecule has 8 heteroatoms. The zero-order valence-electron chi connectivity index (χ0n) is 16.6. The van der Waals surface area contributed by atoms with Crippen LogP contribution in [0.5, 0.6) is 0 Å². The van der Waals surface area contributed by atoms with Gasteiger partial charge in [0.25, 0.3) is 5.91 Å². The first kappa shape index (κ1) is 20.2. The van der Waals surface area contributed by atoms with Crippen molar-refractivity contribution in [1.82, 2.24) is 25.2 Å². The number of ether oxygens (including phenoxy) is 1. The topological polar surface area (TPSA) is 83.5 Å². The predicted octanol–water partition coefficient (Wildman–Crippen LogP) is 0.921. The summed E-state index contributed by atoms with van der Waals surface area (Å²) in [5, 5.41) is 2.96. The fraction of sp³-hybridized carbons (Fsp3) is 0.500. The van der Waals surface area contributed by atoms with Gasteiger partial charge in [0, 0.05) is 57.9 Å². The fourth-order valence-corrected chi connectivity index (χ4v) is 3.03. The van der Waals surface area contributed by atoms with Gasteiger partial charge in [-0.2, -0.15) is 0 Å². The Bertz CT molecular complexity index is 765. The highest BCUT2D eigenvalue weighted by Crippen LogP contribution is 2.10. The van der Waals surface area contributed by atoms with E-state index in [1.807, 2.05) is 31.0 Å². The number of nitrogens with one attached hydrogen (secondary N) is 1. The summed E-state index contributed by atoms with van der Waals surface area (Å²) in [5.74, 6) is 0.398. The van der Waals surface area contributed by atoms with Gasteiger partial charge in [0.15, 0.2) is 0 Å². The molecular weight excluding hydrogens is 356 g/mol. The number of amides is 1. The lowest BCUT2D eigenvalue weighted by Crippen LogP contribution is -2.41. The molecule has 0 unspecified atom stereocenters. The van der Waals surface area contributed by atoms with E-state index in [-0.39, 0.29) is 5.91 Å². The maximum atomic E-state index is 12.5. The van der Waals surface area contributed by atoms with Crippen molar-refractivity contribution >= 4 is 11.9 Å². The summed E-state index contributed by atoms with van der Waals surface area (Å²) in [7, 11) is 1.94. The second kappa shape index (κ2) is 10.1. The molecule has 8 nitrogen and oxygen atoms in total. The molecular formula is C20H28N6O2. The van der Waals surface area contributed by atoms with E-state index in [1.165, 1.54) is 5.56 Å². The normalized spacial score (nSPS) is 14.6. The maximum absolute atomic E-state index is 12.5. The van der Waals surface area contributed by atoms with Crippen LogP contribution in [0.1, 0.15) is 21.7 Å². The first-order valence-electron chi connectivity index (χ1n) is 9.66. The first-order valence-corrected chi connectivity index (χ1v) is 9.66. The number of aromatic nitrogens is 3. The van der Waals surface area contributed by atoms with Crippen molar-refractivity contribution in [3.05, 3.63) is 47.5 Å². The van der Waals surface area contributed by atoms with E-state index >= 15 is 0 Å². The largest absolute Gasteiger partial charge is 0.379 e. The number of aryl methyl sites for hydroxylation is 1. The lowest BCUT2D eigenvalue weighted by molar-refractivity contribution is 0.0383. The van der Waals surface area contributed by atoms with Gasteiger partial charge in [0.1, 0.15) is 5.69 Å². The van der Waals surface area contributed by atoms with Gasteiger partial charge in [-0.1, -0.05) is 0 Å². The molecule has 3 heterocycles. The van der Waals surface area contributed by atoms with Gasteiger partial charge in [0.05, 0.1) is 13.2 Å². The van der Waals surface area contributed by atoms with Gasteiger partial charge in [-0.05, 0) is 37.1 Å². The third kappa shape index (κ3) is 5.97. The highest BCUT2D eigenvalue weighted by molar-refractivity contribution is 5.92. The van der Waals surface area contributed by atoms with Gasteiger partial charge < -0.3 is 15.0 Å². The molecule has 0 radical (unpaired) electrons. The minimum Gasteiger partial charge on any atom is -0.379 e. The second-order valence-corrected chi connectivity index (χ2v) is 6.93. The van der Waals surface area contributed by atoms with E-state index < -0.39 is 0 Å². The maximum Gasteiger partial charge on any atom is 0.270 e. The molecule has 0 aliphatic carbocycles. The smallest absolute Gasteiger partial charge is 0.270 e. The molecule has 2 aromatic heterocycles. The minimum absolute atomic E-state index is 0.164. The number of hydrogen-bond acceptors (Lipinski definition) is 7. The van der Waals surface area contributed by atoms with Crippen molar-refractivity contribution in [2.24, 2.45) is 0 Å². The van der Waals surface area contributed by atoms with E-state index in [0.717, 1.165) is 51.5 Å².